The van der Waals surface area contributed by atoms with Crippen molar-refractivity contribution in [2.45, 2.75) is 65.7 Å². The minimum absolute atomic E-state index is 0.0576. The van der Waals surface area contributed by atoms with Gasteiger partial charge in [-0.05, 0) is 69.6 Å². The molecule has 4 heteroatoms. The molecule has 2 aliphatic carbocycles. The van der Waals surface area contributed by atoms with Crippen molar-refractivity contribution in [1.29, 1.82) is 0 Å². The maximum Gasteiger partial charge on any atom is 0.330 e. The van der Waals surface area contributed by atoms with Gasteiger partial charge in [0.1, 0.15) is 0 Å². The maximum atomic E-state index is 12.6. The van der Waals surface area contributed by atoms with Crippen molar-refractivity contribution >= 4 is 11.9 Å². The van der Waals surface area contributed by atoms with Gasteiger partial charge in [-0.1, -0.05) is 31.1 Å². The zero-order valence-electron chi connectivity index (χ0n) is 17.0. The summed E-state index contributed by atoms with van der Waals surface area (Å²) in [5.41, 5.74) is 1.98. The number of hydrogen-bond donors (Lipinski definition) is 0. The largest absolute Gasteiger partial charge is 0.469 e. The Hall–Kier alpha value is -1.58. The molecule has 0 aromatic heterocycles. The Kier molecular flexibility index (Phi) is 6.36. The lowest BCUT2D eigenvalue weighted by molar-refractivity contribution is -0.168. The lowest BCUT2D eigenvalue weighted by Crippen LogP contribution is -2.53. The second kappa shape index (κ2) is 7.98. The molecule has 0 aromatic rings. The molecule has 26 heavy (non-hydrogen) atoms. The van der Waals surface area contributed by atoms with Gasteiger partial charge in [-0.25, -0.2) is 4.79 Å². The van der Waals surface area contributed by atoms with Crippen LogP contribution in [0, 0.1) is 22.7 Å². The number of esters is 2. The van der Waals surface area contributed by atoms with E-state index in [9.17, 15) is 9.59 Å². The summed E-state index contributed by atoms with van der Waals surface area (Å²) in [4.78, 5) is 24.0. The topological polar surface area (TPSA) is 52.6 Å². The fourth-order valence-electron chi connectivity index (χ4n) is 5.66. The number of allylic oxidation sites excluding steroid dienone is 2. The molecule has 0 unspecified atom stereocenters. The monoisotopic (exact) mass is 362 g/mol. The summed E-state index contributed by atoms with van der Waals surface area (Å²) in [7, 11) is 2.90. The molecule has 0 radical (unpaired) electrons. The average Bonchev–Trinajstić information content (AvgIpc) is 2.59. The molecule has 2 rings (SSSR count). The van der Waals surface area contributed by atoms with E-state index in [1.54, 1.807) is 6.08 Å². The molecule has 0 N–H and O–H groups in total. The summed E-state index contributed by atoms with van der Waals surface area (Å²) < 4.78 is 9.90. The smallest absolute Gasteiger partial charge is 0.330 e. The van der Waals surface area contributed by atoms with Crippen molar-refractivity contribution in [3.63, 3.8) is 0 Å². The zero-order chi connectivity index (χ0) is 19.5. The molecule has 0 bridgehead atoms. The van der Waals surface area contributed by atoms with Gasteiger partial charge in [0.05, 0.1) is 19.6 Å². The van der Waals surface area contributed by atoms with Crippen LogP contribution in [-0.2, 0) is 19.1 Å². The van der Waals surface area contributed by atoms with E-state index in [2.05, 4.69) is 20.4 Å². The van der Waals surface area contributed by atoms with Gasteiger partial charge in [0.25, 0.3) is 0 Å². The third-order valence-electron chi connectivity index (χ3n) is 7.06. The van der Waals surface area contributed by atoms with Crippen LogP contribution in [0.4, 0.5) is 0 Å². The van der Waals surface area contributed by atoms with Crippen LogP contribution >= 0.6 is 0 Å². The van der Waals surface area contributed by atoms with E-state index in [4.69, 9.17) is 9.47 Å². The molecule has 2 saturated carbocycles. The minimum atomic E-state index is -0.405. The maximum absolute atomic E-state index is 12.6. The first-order chi connectivity index (χ1) is 12.2. The highest BCUT2D eigenvalue weighted by atomic mass is 16.5. The first-order valence-electron chi connectivity index (χ1n) is 9.70. The molecule has 0 heterocycles. The molecule has 4 nitrogen and oxygen atoms in total. The van der Waals surface area contributed by atoms with E-state index < -0.39 is 5.41 Å². The van der Waals surface area contributed by atoms with Gasteiger partial charge in [-0.2, -0.15) is 0 Å². The van der Waals surface area contributed by atoms with Crippen molar-refractivity contribution < 1.29 is 19.1 Å². The van der Waals surface area contributed by atoms with Gasteiger partial charge in [-0.15, -0.1) is 0 Å². The van der Waals surface area contributed by atoms with E-state index >= 15 is 0 Å². The van der Waals surface area contributed by atoms with E-state index in [1.165, 1.54) is 19.8 Å². The molecular weight excluding hydrogens is 328 g/mol. The Morgan fingerprint density at radius 2 is 1.92 bits per heavy atom. The predicted octanol–water partition coefficient (Wildman–Crippen LogP) is 4.84. The Morgan fingerprint density at radius 3 is 2.54 bits per heavy atom. The van der Waals surface area contributed by atoms with Gasteiger partial charge in [0.2, 0.25) is 0 Å². The quantitative estimate of drug-likeness (QED) is 0.399. The van der Waals surface area contributed by atoms with Crippen LogP contribution in [-0.4, -0.2) is 26.2 Å². The summed E-state index contributed by atoms with van der Waals surface area (Å²) >= 11 is 0. The third-order valence-corrected chi connectivity index (χ3v) is 7.06. The Morgan fingerprint density at radius 1 is 1.23 bits per heavy atom. The van der Waals surface area contributed by atoms with Gasteiger partial charge in [-0.3, -0.25) is 4.79 Å². The molecule has 146 valence electrons. The first kappa shape index (κ1) is 20.7. The predicted molar refractivity (Wildman–Crippen MR) is 102 cm³/mol. The number of fused-ring (bicyclic) bond motifs is 1. The Labute approximate surface area is 158 Å². The summed E-state index contributed by atoms with van der Waals surface area (Å²) in [6.07, 6.45) is 8.42. The second-order valence-electron chi connectivity index (χ2n) is 8.62. The molecule has 0 amide bonds. The van der Waals surface area contributed by atoms with E-state index in [-0.39, 0.29) is 17.4 Å². The van der Waals surface area contributed by atoms with Crippen molar-refractivity contribution in [3.05, 3.63) is 23.8 Å². The molecule has 2 fully saturated rings. The summed E-state index contributed by atoms with van der Waals surface area (Å²) in [6.45, 7) is 10.8. The molecule has 0 spiro atoms. The number of carbonyl (C=O) groups is 2. The van der Waals surface area contributed by atoms with Crippen LogP contribution in [0.25, 0.3) is 0 Å². The van der Waals surface area contributed by atoms with Crippen LogP contribution in [0.3, 0.4) is 0 Å². The highest BCUT2D eigenvalue weighted by molar-refractivity contribution is 5.82. The fraction of sp³-hybridized carbons (Fsp3) is 0.727. The lowest BCUT2D eigenvalue weighted by Gasteiger charge is -2.57. The van der Waals surface area contributed by atoms with Crippen molar-refractivity contribution in [2.24, 2.45) is 22.7 Å². The summed E-state index contributed by atoms with van der Waals surface area (Å²) in [5, 5.41) is 0. The molecule has 0 saturated heterocycles. The molecule has 0 aliphatic heterocycles. The van der Waals surface area contributed by atoms with E-state index in [1.807, 2.05) is 6.92 Å². The summed E-state index contributed by atoms with van der Waals surface area (Å²) in [6, 6.07) is 0. The van der Waals surface area contributed by atoms with Crippen LogP contribution in [0.1, 0.15) is 65.7 Å². The normalized spacial score (nSPS) is 34.8. The van der Waals surface area contributed by atoms with Crippen molar-refractivity contribution in [2.75, 3.05) is 14.2 Å². The molecule has 2 aliphatic rings. The number of rotatable bonds is 5. The molecular formula is C22H34O4. The highest BCUT2D eigenvalue weighted by Gasteiger charge is 2.57. The summed E-state index contributed by atoms with van der Waals surface area (Å²) in [5.74, 6) is 0.314. The van der Waals surface area contributed by atoms with Gasteiger partial charge in [0, 0.05) is 6.08 Å². The van der Waals surface area contributed by atoms with Gasteiger partial charge >= 0.3 is 11.9 Å². The van der Waals surface area contributed by atoms with E-state index in [0.717, 1.165) is 50.5 Å². The fourth-order valence-corrected chi connectivity index (χ4v) is 5.66. The van der Waals surface area contributed by atoms with E-state index in [0.29, 0.717) is 11.8 Å². The number of hydrogen-bond acceptors (Lipinski definition) is 4. The SMILES string of the molecule is C=C1CC[C@@H]2[C@](C)(CCC[C@]2(C)C(=O)OC)[C@H]1CC/C(C)=C/C(=O)OC. The van der Waals surface area contributed by atoms with Gasteiger partial charge in [0.15, 0.2) is 0 Å². The number of ether oxygens (including phenoxy) is 2. The van der Waals surface area contributed by atoms with Crippen LogP contribution in [0.15, 0.2) is 23.8 Å². The van der Waals surface area contributed by atoms with Crippen molar-refractivity contribution in [1.82, 2.24) is 0 Å². The average molecular weight is 363 g/mol. The number of carbonyl (C=O) groups excluding carboxylic acids is 2. The van der Waals surface area contributed by atoms with Crippen LogP contribution in [0.5, 0.6) is 0 Å². The molecule has 0 aromatic carbocycles. The highest BCUT2D eigenvalue weighted by Crippen LogP contribution is 2.62. The molecule has 4 atom stereocenters. The minimum Gasteiger partial charge on any atom is -0.469 e. The van der Waals surface area contributed by atoms with Crippen LogP contribution in [0.2, 0.25) is 0 Å². The Balaban J connectivity index is 2.23. The standard InChI is InChI=1S/C22H34O4/c1-15(14-19(23)25-5)8-10-17-16(2)9-11-18-21(17,3)12-7-13-22(18,4)20(24)26-6/h14,17-18H,2,7-13H2,1,3-6H3/b15-14+/t17-,18+,21+,22-/m0/s1. The van der Waals surface area contributed by atoms with Gasteiger partial charge < -0.3 is 9.47 Å². The zero-order valence-corrected chi connectivity index (χ0v) is 17.0. The first-order valence-corrected chi connectivity index (χ1v) is 9.70. The number of methoxy groups -OCH3 is 2. The Bertz CT molecular complexity index is 605. The van der Waals surface area contributed by atoms with Crippen LogP contribution < -0.4 is 0 Å². The lowest BCUT2D eigenvalue weighted by atomic mass is 9.46. The van der Waals surface area contributed by atoms with Crippen molar-refractivity contribution in [3.8, 4) is 0 Å². The third kappa shape index (κ3) is 3.74. The second-order valence-corrected chi connectivity index (χ2v) is 8.62.